The van der Waals surface area contributed by atoms with Crippen LogP contribution in [0.25, 0.3) is 0 Å². The summed E-state index contributed by atoms with van der Waals surface area (Å²) in [7, 11) is 0. The molecule has 2 atom stereocenters. The van der Waals surface area contributed by atoms with E-state index in [1.807, 2.05) is 18.2 Å². The summed E-state index contributed by atoms with van der Waals surface area (Å²) >= 11 is 6.37. The van der Waals surface area contributed by atoms with Gasteiger partial charge in [-0.05, 0) is 42.2 Å². The standard InChI is InChI=1S/C25H26ClF2N7O/c26-19-11-30-25(34-23(19)32-20-3-1-2-14-9-29-10-18(14)20)33-21-7-6-17(8-22(21)36-24(27)28)35-12-15-4-5-16(13-35)31-15/h1-3,6-8,11,15-16,24,29,31H,4-5,9-10,12-13H2,(H2,30,32,33,34)/t15-,16+. The summed E-state index contributed by atoms with van der Waals surface area (Å²) in [6.45, 7) is 0.281. The van der Waals surface area contributed by atoms with E-state index in [0.717, 1.165) is 56.0 Å². The summed E-state index contributed by atoms with van der Waals surface area (Å²) in [6, 6.07) is 12.1. The highest BCUT2D eigenvalue weighted by Crippen LogP contribution is 2.36. The number of anilines is 5. The van der Waals surface area contributed by atoms with E-state index in [4.69, 9.17) is 16.3 Å². The molecular formula is C25H26ClF2N7O. The largest absolute Gasteiger partial charge is 0.433 e. The summed E-state index contributed by atoms with van der Waals surface area (Å²) in [5, 5.41) is 13.6. The Morgan fingerprint density at radius 3 is 2.69 bits per heavy atom. The number of ether oxygens (including phenoxy) is 1. The second kappa shape index (κ2) is 9.68. The maximum Gasteiger partial charge on any atom is 0.387 e. The zero-order chi connectivity index (χ0) is 24.6. The minimum absolute atomic E-state index is 0.0355. The van der Waals surface area contributed by atoms with Crippen molar-refractivity contribution >= 4 is 40.4 Å². The van der Waals surface area contributed by atoms with Crippen LogP contribution in [0.1, 0.15) is 24.0 Å². The number of hydrogen-bond acceptors (Lipinski definition) is 8. The molecule has 0 spiro atoms. The Hall–Kier alpha value is -3.21. The summed E-state index contributed by atoms with van der Waals surface area (Å²) in [6.07, 6.45) is 3.74. The molecule has 2 saturated heterocycles. The number of aromatic nitrogens is 2. The molecule has 4 heterocycles. The van der Waals surface area contributed by atoms with Crippen molar-refractivity contribution in [2.75, 3.05) is 28.6 Å². The molecule has 0 unspecified atom stereocenters. The third-order valence-corrected chi connectivity index (χ3v) is 7.17. The van der Waals surface area contributed by atoms with Crippen molar-refractivity contribution in [3.05, 3.63) is 58.7 Å². The highest BCUT2D eigenvalue weighted by atomic mass is 35.5. The minimum atomic E-state index is -2.96. The van der Waals surface area contributed by atoms with Crippen LogP contribution in [0.5, 0.6) is 5.75 Å². The zero-order valence-corrected chi connectivity index (χ0v) is 20.2. The number of benzene rings is 2. The Morgan fingerprint density at radius 1 is 1.06 bits per heavy atom. The third-order valence-electron chi connectivity index (χ3n) is 6.90. The molecule has 0 saturated carbocycles. The van der Waals surface area contributed by atoms with E-state index in [2.05, 4.69) is 42.2 Å². The first kappa shape index (κ1) is 23.2. The van der Waals surface area contributed by atoms with Gasteiger partial charge in [-0.1, -0.05) is 23.7 Å². The van der Waals surface area contributed by atoms with Crippen LogP contribution >= 0.6 is 11.6 Å². The SMILES string of the molecule is FC(F)Oc1cc(N2C[C@H]3CC[C@@H](C2)N3)ccc1Nc1ncc(Cl)c(Nc2cccc3c2CNC3)n1. The molecule has 8 nitrogen and oxygen atoms in total. The van der Waals surface area contributed by atoms with E-state index in [1.54, 1.807) is 12.1 Å². The van der Waals surface area contributed by atoms with Gasteiger partial charge in [-0.2, -0.15) is 13.8 Å². The van der Waals surface area contributed by atoms with Crippen molar-refractivity contribution in [1.29, 1.82) is 0 Å². The predicted octanol–water partition coefficient (Wildman–Crippen LogP) is 4.76. The van der Waals surface area contributed by atoms with E-state index in [-0.39, 0.29) is 11.7 Å². The van der Waals surface area contributed by atoms with Gasteiger partial charge in [0.1, 0.15) is 5.02 Å². The Kier molecular flexibility index (Phi) is 6.24. The molecule has 3 aliphatic rings. The zero-order valence-electron chi connectivity index (χ0n) is 19.4. The summed E-state index contributed by atoms with van der Waals surface area (Å²) < 4.78 is 31.4. The van der Waals surface area contributed by atoms with Gasteiger partial charge in [0.2, 0.25) is 5.95 Å². The fourth-order valence-corrected chi connectivity index (χ4v) is 5.36. The van der Waals surface area contributed by atoms with E-state index in [0.29, 0.717) is 28.6 Å². The van der Waals surface area contributed by atoms with Gasteiger partial charge in [0.15, 0.2) is 11.6 Å². The maximum absolute atomic E-state index is 13.3. The second-order valence-corrected chi connectivity index (χ2v) is 9.70. The topological polar surface area (TPSA) is 86.4 Å². The number of hydrogen-bond donors (Lipinski definition) is 4. The van der Waals surface area contributed by atoms with Crippen LogP contribution in [0, 0.1) is 0 Å². The number of alkyl halides is 2. The van der Waals surface area contributed by atoms with Crippen LogP contribution in [0.3, 0.4) is 0 Å². The number of fused-ring (bicyclic) bond motifs is 3. The van der Waals surface area contributed by atoms with E-state index in [9.17, 15) is 8.78 Å². The molecule has 36 heavy (non-hydrogen) atoms. The number of nitrogens with one attached hydrogen (secondary N) is 4. The first-order chi connectivity index (χ1) is 17.5. The molecule has 2 aromatic carbocycles. The Morgan fingerprint density at radius 2 is 1.89 bits per heavy atom. The average molecular weight is 514 g/mol. The van der Waals surface area contributed by atoms with Crippen molar-refractivity contribution in [3.8, 4) is 5.75 Å². The van der Waals surface area contributed by atoms with Gasteiger partial charge in [-0.15, -0.1) is 0 Å². The van der Waals surface area contributed by atoms with Crippen molar-refractivity contribution < 1.29 is 13.5 Å². The molecule has 6 rings (SSSR count). The smallest absolute Gasteiger partial charge is 0.387 e. The molecule has 3 aromatic rings. The quantitative estimate of drug-likeness (QED) is 0.360. The Labute approximate surface area is 212 Å². The van der Waals surface area contributed by atoms with E-state index < -0.39 is 6.61 Å². The fourth-order valence-electron chi connectivity index (χ4n) is 5.22. The summed E-state index contributed by atoms with van der Waals surface area (Å²) in [5.74, 6) is 0.659. The molecule has 0 amide bonds. The van der Waals surface area contributed by atoms with Gasteiger partial charge >= 0.3 is 6.61 Å². The van der Waals surface area contributed by atoms with Crippen LogP contribution in [0.15, 0.2) is 42.6 Å². The molecule has 11 heteroatoms. The van der Waals surface area contributed by atoms with Gasteiger partial charge in [0.25, 0.3) is 0 Å². The van der Waals surface area contributed by atoms with Crippen molar-refractivity contribution in [3.63, 3.8) is 0 Å². The van der Waals surface area contributed by atoms with Crippen LogP contribution < -0.4 is 30.9 Å². The molecule has 2 fully saturated rings. The second-order valence-electron chi connectivity index (χ2n) is 9.29. The van der Waals surface area contributed by atoms with Crippen LogP contribution in [-0.4, -0.2) is 41.8 Å². The molecule has 0 radical (unpaired) electrons. The molecular weight excluding hydrogens is 488 g/mol. The third kappa shape index (κ3) is 4.76. The minimum Gasteiger partial charge on any atom is -0.433 e. The number of piperazine rings is 1. The van der Waals surface area contributed by atoms with Gasteiger partial charge in [0, 0.05) is 55.7 Å². The predicted molar refractivity (Wildman–Crippen MR) is 136 cm³/mol. The van der Waals surface area contributed by atoms with Gasteiger partial charge in [0.05, 0.1) is 11.9 Å². The van der Waals surface area contributed by atoms with Crippen LogP contribution in [0.2, 0.25) is 5.02 Å². The lowest BCUT2D eigenvalue weighted by molar-refractivity contribution is -0.0493. The highest BCUT2D eigenvalue weighted by molar-refractivity contribution is 6.32. The fraction of sp³-hybridized carbons (Fsp3) is 0.360. The normalized spacial score (nSPS) is 20.5. The van der Waals surface area contributed by atoms with E-state index in [1.165, 1.54) is 11.8 Å². The monoisotopic (exact) mass is 513 g/mol. The molecule has 2 bridgehead atoms. The highest BCUT2D eigenvalue weighted by Gasteiger charge is 2.32. The van der Waals surface area contributed by atoms with Crippen molar-refractivity contribution in [1.82, 2.24) is 20.6 Å². The molecule has 4 N–H and O–H groups in total. The van der Waals surface area contributed by atoms with Gasteiger partial charge < -0.3 is 30.9 Å². The van der Waals surface area contributed by atoms with Gasteiger partial charge in [-0.3, -0.25) is 0 Å². The van der Waals surface area contributed by atoms with E-state index >= 15 is 0 Å². The number of rotatable bonds is 7. The van der Waals surface area contributed by atoms with Crippen LogP contribution in [-0.2, 0) is 13.1 Å². The van der Waals surface area contributed by atoms with Crippen molar-refractivity contribution in [2.45, 2.75) is 44.6 Å². The summed E-state index contributed by atoms with van der Waals surface area (Å²) in [5.41, 5.74) is 4.47. The Balaban J connectivity index is 1.25. The lowest BCUT2D eigenvalue weighted by atomic mass is 10.1. The molecule has 3 aliphatic heterocycles. The lowest BCUT2D eigenvalue weighted by Crippen LogP contribution is -2.51. The molecule has 0 aliphatic carbocycles. The van der Waals surface area contributed by atoms with Crippen LogP contribution in [0.4, 0.5) is 37.6 Å². The lowest BCUT2D eigenvalue weighted by Gasteiger charge is -2.35. The number of halogens is 3. The Bertz CT molecular complexity index is 1270. The van der Waals surface area contributed by atoms with Gasteiger partial charge in [-0.25, -0.2) is 4.98 Å². The average Bonchev–Trinajstić information content (AvgIpc) is 3.48. The first-order valence-electron chi connectivity index (χ1n) is 12.0. The number of nitrogens with zero attached hydrogens (tertiary/aromatic N) is 3. The summed E-state index contributed by atoms with van der Waals surface area (Å²) in [4.78, 5) is 11.0. The molecule has 1 aromatic heterocycles. The molecule has 188 valence electrons. The first-order valence-corrected chi connectivity index (χ1v) is 12.4. The maximum atomic E-state index is 13.3. The van der Waals surface area contributed by atoms with Crippen molar-refractivity contribution in [2.24, 2.45) is 0 Å².